The molecule has 1 aliphatic rings. The number of ether oxygens (including phenoxy) is 1. The number of halogens is 3. The Morgan fingerprint density at radius 2 is 2.20 bits per heavy atom. The van der Waals surface area contributed by atoms with Gasteiger partial charge in [-0.25, -0.2) is 4.98 Å². The molecule has 1 aliphatic heterocycles. The number of hydrogen-bond acceptors (Lipinski definition) is 3. The Morgan fingerprint density at radius 1 is 1.40 bits per heavy atom. The Kier molecular flexibility index (Phi) is 4.86. The molecule has 0 radical (unpaired) electrons. The number of hydrogen-bond donors (Lipinski definition) is 0. The van der Waals surface area contributed by atoms with E-state index in [1.807, 2.05) is 19.1 Å². The van der Waals surface area contributed by atoms with Gasteiger partial charge < -0.3 is 4.74 Å². The van der Waals surface area contributed by atoms with Gasteiger partial charge in [0, 0.05) is 24.2 Å². The van der Waals surface area contributed by atoms with E-state index in [1.165, 1.54) is 4.90 Å². The summed E-state index contributed by atoms with van der Waals surface area (Å²) in [7, 11) is 0. The summed E-state index contributed by atoms with van der Waals surface area (Å²) in [5.74, 6) is 0.673. The van der Waals surface area contributed by atoms with E-state index in [-0.39, 0.29) is 5.92 Å². The first kappa shape index (κ1) is 15.1. The van der Waals surface area contributed by atoms with Gasteiger partial charge in [-0.1, -0.05) is 6.07 Å². The van der Waals surface area contributed by atoms with Crippen LogP contribution < -0.4 is 4.74 Å². The van der Waals surface area contributed by atoms with Crippen LogP contribution in [0, 0.1) is 12.8 Å². The number of piperidine rings is 1. The molecule has 6 heteroatoms. The molecule has 3 nitrogen and oxygen atoms in total. The topological polar surface area (TPSA) is 25.4 Å². The molecule has 2 rings (SSSR count). The van der Waals surface area contributed by atoms with Gasteiger partial charge in [0.2, 0.25) is 5.88 Å². The number of rotatable bonds is 4. The summed E-state index contributed by atoms with van der Waals surface area (Å²) in [5, 5.41) is 0. The molecule has 1 saturated heterocycles. The van der Waals surface area contributed by atoms with Crippen molar-refractivity contribution in [1.29, 1.82) is 0 Å². The highest BCUT2D eigenvalue weighted by Crippen LogP contribution is 2.23. The van der Waals surface area contributed by atoms with Crippen molar-refractivity contribution in [3.8, 4) is 5.88 Å². The quantitative estimate of drug-likeness (QED) is 0.851. The summed E-state index contributed by atoms with van der Waals surface area (Å²) >= 11 is 0. The fraction of sp³-hybridized carbons (Fsp3) is 0.643. The first-order valence-corrected chi connectivity index (χ1v) is 6.78. The molecule has 0 aromatic carbocycles. The first-order chi connectivity index (χ1) is 9.42. The maximum absolute atomic E-state index is 12.4. The van der Waals surface area contributed by atoms with Gasteiger partial charge in [0.05, 0.1) is 13.2 Å². The molecule has 1 unspecified atom stereocenters. The largest absolute Gasteiger partial charge is 0.477 e. The minimum Gasteiger partial charge on any atom is -0.477 e. The van der Waals surface area contributed by atoms with Gasteiger partial charge in [-0.3, -0.25) is 4.90 Å². The van der Waals surface area contributed by atoms with E-state index in [0.29, 0.717) is 25.6 Å². The van der Waals surface area contributed by atoms with Gasteiger partial charge in [-0.05, 0) is 32.4 Å². The summed E-state index contributed by atoms with van der Waals surface area (Å²) < 4.78 is 42.7. The van der Waals surface area contributed by atoms with E-state index in [4.69, 9.17) is 4.74 Å². The lowest BCUT2D eigenvalue weighted by Crippen LogP contribution is -2.42. The second kappa shape index (κ2) is 6.43. The first-order valence-electron chi connectivity index (χ1n) is 6.78. The normalized spacial score (nSPS) is 20.9. The van der Waals surface area contributed by atoms with Crippen molar-refractivity contribution < 1.29 is 17.9 Å². The fourth-order valence-electron chi connectivity index (χ4n) is 2.49. The molecule has 2 heterocycles. The van der Waals surface area contributed by atoms with Crippen LogP contribution in [0.4, 0.5) is 13.2 Å². The van der Waals surface area contributed by atoms with Gasteiger partial charge >= 0.3 is 6.18 Å². The molecule has 112 valence electrons. The zero-order valence-corrected chi connectivity index (χ0v) is 11.5. The molecule has 1 atom stereocenters. The summed E-state index contributed by atoms with van der Waals surface area (Å²) in [6.45, 7) is 2.42. The van der Waals surface area contributed by atoms with E-state index >= 15 is 0 Å². The predicted molar refractivity (Wildman–Crippen MR) is 69.7 cm³/mol. The molecule has 0 saturated carbocycles. The molecule has 0 aliphatic carbocycles. The highest BCUT2D eigenvalue weighted by molar-refractivity contribution is 5.14. The van der Waals surface area contributed by atoms with Gasteiger partial charge in [0.1, 0.15) is 0 Å². The van der Waals surface area contributed by atoms with Gasteiger partial charge in [0.15, 0.2) is 0 Å². The van der Waals surface area contributed by atoms with Crippen LogP contribution in [0.5, 0.6) is 5.88 Å². The minimum absolute atomic E-state index is 0.133. The second-order valence-electron chi connectivity index (χ2n) is 5.29. The highest BCUT2D eigenvalue weighted by atomic mass is 19.4. The molecule has 1 fully saturated rings. The number of aromatic nitrogens is 1. The van der Waals surface area contributed by atoms with Crippen molar-refractivity contribution in [2.24, 2.45) is 5.92 Å². The molecule has 0 bridgehead atoms. The van der Waals surface area contributed by atoms with Crippen LogP contribution in [-0.2, 0) is 0 Å². The zero-order chi connectivity index (χ0) is 14.6. The third-order valence-electron chi connectivity index (χ3n) is 3.34. The van der Waals surface area contributed by atoms with E-state index < -0.39 is 12.7 Å². The lowest BCUT2D eigenvalue weighted by atomic mass is 9.99. The molecule has 0 N–H and O–H groups in total. The third-order valence-corrected chi connectivity index (χ3v) is 3.34. The Morgan fingerprint density at radius 3 is 2.90 bits per heavy atom. The van der Waals surface area contributed by atoms with Crippen LogP contribution >= 0.6 is 0 Å². The highest BCUT2D eigenvalue weighted by Gasteiger charge is 2.33. The third kappa shape index (κ3) is 5.00. The summed E-state index contributed by atoms with van der Waals surface area (Å²) in [5.41, 5.74) is 0.866. The molecule has 20 heavy (non-hydrogen) atoms. The smallest absolute Gasteiger partial charge is 0.401 e. The Labute approximate surface area is 116 Å². The van der Waals surface area contributed by atoms with Crippen molar-refractivity contribution in [1.82, 2.24) is 9.88 Å². The summed E-state index contributed by atoms with van der Waals surface area (Å²) in [6.07, 6.45) is -2.44. The summed E-state index contributed by atoms with van der Waals surface area (Å²) in [6, 6.07) is 5.50. The SMILES string of the molecule is Cc1cccc(OCC2CCCN(CC(F)(F)F)C2)n1. The number of pyridine rings is 1. The molecular formula is C14H19F3N2O. The van der Waals surface area contributed by atoms with Crippen molar-refractivity contribution >= 4 is 0 Å². The average Bonchev–Trinajstić information content (AvgIpc) is 2.35. The zero-order valence-electron chi connectivity index (χ0n) is 11.5. The van der Waals surface area contributed by atoms with Crippen molar-refractivity contribution in [2.45, 2.75) is 25.9 Å². The van der Waals surface area contributed by atoms with Crippen LogP contribution in [0.3, 0.4) is 0 Å². The minimum atomic E-state index is -4.12. The molecule has 1 aromatic heterocycles. The van der Waals surface area contributed by atoms with Crippen molar-refractivity contribution in [2.75, 3.05) is 26.2 Å². The van der Waals surface area contributed by atoms with Crippen LogP contribution in [0.1, 0.15) is 18.5 Å². The monoisotopic (exact) mass is 288 g/mol. The Bertz CT molecular complexity index is 437. The average molecular weight is 288 g/mol. The molecule has 1 aromatic rings. The maximum atomic E-state index is 12.4. The number of likely N-dealkylation sites (tertiary alicyclic amines) is 1. The Balaban J connectivity index is 1.81. The van der Waals surface area contributed by atoms with E-state index in [1.54, 1.807) is 6.07 Å². The standard InChI is InChI=1S/C14H19F3N2O/c1-11-4-2-6-13(18-11)20-9-12-5-3-7-19(8-12)10-14(15,16)17/h2,4,6,12H,3,5,7-10H2,1H3. The summed E-state index contributed by atoms with van der Waals surface area (Å²) in [4.78, 5) is 5.68. The van der Waals surface area contributed by atoms with Gasteiger partial charge in [-0.15, -0.1) is 0 Å². The van der Waals surface area contributed by atoms with Gasteiger partial charge in [0.25, 0.3) is 0 Å². The van der Waals surface area contributed by atoms with E-state index in [0.717, 1.165) is 18.5 Å². The second-order valence-corrected chi connectivity index (χ2v) is 5.29. The molecule has 0 spiro atoms. The number of alkyl halides is 3. The lowest BCUT2D eigenvalue weighted by Gasteiger charge is -2.32. The molecule has 0 amide bonds. The van der Waals surface area contributed by atoms with E-state index in [2.05, 4.69) is 4.98 Å². The van der Waals surface area contributed by atoms with Crippen LogP contribution in [0.15, 0.2) is 18.2 Å². The van der Waals surface area contributed by atoms with E-state index in [9.17, 15) is 13.2 Å². The number of nitrogens with zero attached hydrogens (tertiary/aromatic N) is 2. The van der Waals surface area contributed by atoms with Gasteiger partial charge in [-0.2, -0.15) is 13.2 Å². The predicted octanol–water partition coefficient (Wildman–Crippen LogP) is 3.04. The lowest BCUT2D eigenvalue weighted by molar-refractivity contribution is -0.149. The molecular weight excluding hydrogens is 269 g/mol. The Hall–Kier alpha value is -1.30. The fourth-order valence-corrected chi connectivity index (χ4v) is 2.49. The van der Waals surface area contributed by atoms with Crippen LogP contribution in [-0.4, -0.2) is 42.3 Å². The van der Waals surface area contributed by atoms with Crippen molar-refractivity contribution in [3.05, 3.63) is 23.9 Å². The van der Waals surface area contributed by atoms with Crippen molar-refractivity contribution in [3.63, 3.8) is 0 Å². The van der Waals surface area contributed by atoms with Crippen LogP contribution in [0.25, 0.3) is 0 Å². The van der Waals surface area contributed by atoms with Crippen LogP contribution in [0.2, 0.25) is 0 Å². The maximum Gasteiger partial charge on any atom is 0.401 e. The number of aryl methyl sites for hydroxylation is 1.